The lowest BCUT2D eigenvalue weighted by Gasteiger charge is -2.53. The molecule has 3 atom stereocenters. The minimum Gasteiger partial charge on any atom is -0.469 e. The van der Waals surface area contributed by atoms with Gasteiger partial charge in [0.05, 0.1) is 18.7 Å². The molecule has 0 saturated carbocycles. The lowest BCUT2D eigenvalue weighted by molar-refractivity contribution is -0.191. The van der Waals surface area contributed by atoms with Gasteiger partial charge in [-0.1, -0.05) is 83.0 Å². The van der Waals surface area contributed by atoms with Crippen molar-refractivity contribution in [2.24, 2.45) is 5.41 Å². The van der Waals surface area contributed by atoms with Gasteiger partial charge in [0, 0.05) is 7.11 Å². The summed E-state index contributed by atoms with van der Waals surface area (Å²) < 4.78 is 11.9. The van der Waals surface area contributed by atoms with Gasteiger partial charge in [0.25, 0.3) is 0 Å². The van der Waals surface area contributed by atoms with Crippen LogP contribution >= 0.6 is 0 Å². The van der Waals surface area contributed by atoms with Gasteiger partial charge in [-0.2, -0.15) is 0 Å². The van der Waals surface area contributed by atoms with Crippen LogP contribution in [0.5, 0.6) is 5.75 Å². The summed E-state index contributed by atoms with van der Waals surface area (Å²) in [5.41, 5.74) is 2.62. The van der Waals surface area contributed by atoms with Crippen molar-refractivity contribution in [2.75, 3.05) is 26.8 Å². The van der Waals surface area contributed by atoms with Gasteiger partial charge in [0.1, 0.15) is 11.2 Å². The summed E-state index contributed by atoms with van der Waals surface area (Å²) in [5, 5.41) is 3.12. The van der Waals surface area contributed by atoms with E-state index in [-0.39, 0.29) is 18.0 Å². The van der Waals surface area contributed by atoms with Crippen LogP contribution in [0.2, 0.25) is 0 Å². The number of methoxy groups -OCH3 is 1. The molecule has 7 nitrogen and oxygen atoms in total. The number of carbonyl (C=O) groups excluding carboxylic acids is 2. The zero-order valence-electron chi connectivity index (χ0n) is 24.8. The molecule has 1 heterocycles. The molecule has 0 aliphatic carbocycles. The first-order chi connectivity index (χ1) is 18.8. The molecular formula is C32H47N3O4. The highest BCUT2D eigenvalue weighted by atomic mass is 16.5. The summed E-state index contributed by atoms with van der Waals surface area (Å²) in [7, 11) is 1.72. The first-order valence-corrected chi connectivity index (χ1v) is 14.5. The maximum absolute atomic E-state index is 13.5. The van der Waals surface area contributed by atoms with E-state index in [0.29, 0.717) is 25.2 Å². The van der Waals surface area contributed by atoms with Crippen LogP contribution in [0.4, 0.5) is 4.79 Å². The Morgan fingerprint density at radius 1 is 0.974 bits per heavy atom. The summed E-state index contributed by atoms with van der Waals surface area (Å²) in [4.78, 5) is 30.6. The first kappa shape index (κ1) is 30.6. The highest BCUT2D eigenvalue weighted by Crippen LogP contribution is 2.46. The zero-order chi connectivity index (χ0) is 28.6. The average molecular weight is 538 g/mol. The van der Waals surface area contributed by atoms with Gasteiger partial charge in [-0.15, -0.1) is 0 Å². The molecule has 1 N–H and O–H groups in total. The van der Waals surface area contributed by atoms with Crippen LogP contribution in [-0.4, -0.2) is 54.8 Å². The summed E-state index contributed by atoms with van der Waals surface area (Å²) in [6.07, 6.45) is 2.23. The number of ether oxygens (including phenoxy) is 2. The molecule has 1 aliphatic heterocycles. The fourth-order valence-electron chi connectivity index (χ4n) is 5.66. The normalized spacial score (nSPS) is 18.0. The second-order valence-electron chi connectivity index (χ2n) is 10.5. The van der Waals surface area contributed by atoms with Gasteiger partial charge < -0.3 is 14.8 Å². The zero-order valence-corrected chi connectivity index (χ0v) is 24.8. The van der Waals surface area contributed by atoms with Crippen LogP contribution in [0.3, 0.4) is 0 Å². The van der Waals surface area contributed by atoms with Gasteiger partial charge in [-0.25, -0.2) is 9.69 Å². The number of nitrogens with one attached hydrogen (secondary N) is 1. The maximum Gasteiger partial charge on any atom is 0.327 e. The molecule has 0 bridgehead atoms. The van der Waals surface area contributed by atoms with Crippen LogP contribution < -0.4 is 10.1 Å². The van der Waals surface area contributed by atoms with Gasteiger partial charge in [0.15, 0.2) is 6.23 Å². The fourth-order valence-corrected chi connectivity index (χ4v) is 5.66. The molecule has 0 radical (unpaired) electrons. The number of urea groups is 1. The lowest BCUT2D eigenvalue weighted by atomic mass is 9.72. The molecule has 7 heteroatoms. The summed E-state index contributed by atoms with van der Waals surface area (Å²) >= 11 is 0. The number of nitrogens with zero attached hydrogens (tertiary/aromatic N) is 2. The fraction of sp³-hybridized carbons (Fsp3) is 0.562. The molecule has 3 amide bonds. The lowest BCUT2D eigenvalue weighted by Crippen LogP contribution is -2.73. The van der Waals surface area contributed by atoms with Crippen molar-refractivity contribution >= 4 is 11.9 Å². The summed E-state index contributed by atoms with van der Waals surface area (Å²) in [6, 6.07) is 15.7. The van der Waals surface area contributed by atoms with E-state index in [1.165, 1.54) is 10.5 Å². The number of benzene rings is 2. The van der Waals surface area contributed by atoms with Crippen LogP contribution in [0.15, 0.2) is 48.5 Å². The molecule has 0 spiro atoms. The van der Waals surface area contributed by atoms with Crippen LogP contribution in [0, 0.1) is 12.3 Å². The number of β-lactam (4-membered cyclic amide) rings is 1. The van der Waals surface area contributed by atoms with Crippen LogP contribution in [0.1, 0.15) is 89.1 Å². The number of rotatable bonds is 14. The second kappa shape index (κ2) is 13.9. The number of imide groups is 1. The van der Waals surface area contributed by atoms with Crippen molar-refractivity contribution < 1.29 is 19.1 Å². The minimum absolute atomic E-state index is 0.147. The standard InChI is InChI=1S/C32H47N3O4/c1-8-13-27(24-16-14-23(6)15-17-24)33-31(37)35-29(36)32(9-2,10-3)30(35)39-26-20-18-25(19-21-26)28(22-38-7)34(11-4)12-5/h14-21,27-28,30H,8-13,22H2,1-7H3,(H,33,37)/t27-,28-,30?/m1/s1. The molecule has 1 fully saturated rings. The Morgan fingerprint density at radius 2 is 1.56 bits per heavy atom. The smallest absolute Gasteiger partial charge is 0.327 e. The molecule has 3 rings (SSSR count). The van der Waals surface area contributed by atoms with E-state index in [1.54, 1.807) is 7.11 Å². The van der Waals surface area contributed by atoms with Crippen molar-refractivity contribution in [3.05, 3.63) is 65.2 Å². The third kappa shape index (κ3) is 6.47. The monoisotopic (exact) mass is 537 g/mol. The third-order valence-electron chi connectivity index (χ3n) is 8.28. The minimum atomic E-state index is -0.722. The number of hydrogen-bond donors (Lipinski definition) is 1. The van der Waals surface area contributed by atoms with Gasteiger partial charge in [-0.3, -0.25) is 9.69 Å². The summed E-state index contributed by atoms with van der Waals surface area (Å²) in [6.45, 7) is 14.9. The maximum atomic E-state index is 13.5. The van der Waals surface area contributed by atoms with E-state index in [1.807, 2.05) is 57.2 Å². The van der Waals surface area contributed by atoms with Crippen molar-refractivity contribution in [3.63, 3.8) is 0 Å². The van der Waals surface area contributed by atoms with Crippen molar-refractivity contribution in [3.8, 4) is 5.75 Å². The Balaban J connectivity index is 1.82. The first-order valence-electron chi connectivity index (χ1n) is 14.5. The number of aryl methyl sites for hydroxylation is 1. The van der Waals surface area contributed by atoms with E-state index in [9.17, 15) is 9.59 Å². The Labute approximate surface area is 234 Å². The highest BCUT2D eigenvalue weighted by molar-refractivity contribution is 6.03. The molecule has 1 unspecified atom stereocenters. The second-order valence-corrected chi connectivity index (χ2v) is 10.5. The SMILES string of the molecule is CCC[C@@H](NC(=O)N1C(=O)C(CC)(CC)C1Oc1ccc([C@@H](COC)N(CC)CC)cc1)c1ccc(C)cc1. The third-order valence-corrected chi connectivity index (χ3v) is 8.28. The molecule has 1 saturated heterocycles. The Morgan fingerprint density at radius 3 is 2.08 bits per heavy atom. The van der Waals surface area contributed by atoms with E-state index in [2.05, 4.69) is 43.1 Å². The Hall–Kier alpha value is -2.90. The molecular weight excluding hydrogens is 490 g/mol. The number of hydrogen-bond acceptors (Lipinski definition) is 5. The molecule has 214 valence electrons. The van der Waals surface area contributed by atoms with Gasteiger partial charge in [0.2, 0.25) is 5.91 Å². The predicted octanol–water partition coefficient (Wildman–Crippen LogP) is 6.63. The van der Waals surface area contributed by atoms with Crippen molar-refractivity contribution in [1.82, 2.24) is 15.1 Å². The number of amides is 3. The van der Waals surface area contributed by atoms with Crippen LogP contribution in [-0.2, 0) is 9.53 Å². The molecule has 2 aromatic carbocycles. The largest absolute Gasteiger partial charge is 0.469 e. The predicted molar refractivity (Wildman–Crippen MR) is 156 cm³/mol. The van der Waals surface area contributed by atoms with E-state index in [4.69, 9.17) is 9.47 Å². The topological polar surface area (TPSA) is 71.1 Å². The summed E-state index contributed by atoms with van der Waals surface area (Å²) in [5.74, 6) is 0.465. The Kier molecular flexibility index (Phi) is 11.0. The van der Waals surface area contributed by atoms with E-state index in [0.717, 1.165) is 37.1 Å². The van der Waals surface area contributed by atoms with Gasteiger partial charge >= 0.3 is 6.03 Å². The van der Waals surface area contributed by atoms with Gasteiger partial charge in [-0.05, 0) is 62.5 Å². The highest BCUT2D eigenvalue weighted by Gasteiger charge is 2.63. The quantitative estimate of drug-likeness (QED) is 0.274. The van der Waals surface area contributed by atoms with Crippen LogP contribution in [0.25, 0.3) is 0 Å². The van der Waals surface area contributed by atoms with Crippen molar-refractivity contribution in [2.45, 2.75) is 85.5 Å². The number of carbonyl (C=O) groups is 2. The van der Waals surface area contributed by atoms with E-state index >= 15 is 0 Å². The number of likely N-dealkylation sites (N-methyl/N-ethyl adjacent to an activating group) is 1. The average Bonchev–Trinajstić information content (AvgIpc) is 2.94. The molecule has 2 aromatic rings. The molecule has 1 aliphatic rings. The Bertz CT molecular complexity index is 1060. The molecule has 0 aromatic heterocycles. The number of likely N-dealkylation sites (tertiary alicyclic amines) is 1. The van der Waals surface area contributed by atoms with E-state index < -0.39 is 17.7 Å². The molecule has 39 heavy (non-hydrogen) atoms. The van der Waals surface area contributed by atoms with Crippen molar-refractivity contribution in [1.29, 1.82) is 0 Å².